The Morgan fingerprint density at radius 1 is 0.216 bits per heavy atom. The van der Waals surface area contributed by atoms with Crippen LogP contribution in [-0.4, -0.2) is 0 Å². The monoisotopic (exact) mass is 934 g/mol. The molecule has 74 heavy (non-hydrogen) atoms. The molecular weight excluding hydrogens is 889 g/mol. The van der Waals surface area contributed by atoms with Crippen molar-refractivity contribution >= 4 is 118 Å². The largest absolute Gasteiger partial charge is 0.0622 e. The fourth-order valence-electron chi connectivity index (χ4n) is 13.9. The van der Waals surface area contributed by atoms with Crippen molar-refractivity contribution < 1.29 is 0 Å². The van der Waals surface area contributed by atoms with Crippen molar-refractivity contribution in [2.45, 2.75) is 26.2 Å². The Bertz CT molecular complexity index is 5110. The summed E-state index contributed by atoms with van der Waals surface area (Å²) in [7, 11) is 0. The van der Waals surface area contributed by atoms with E-state index in [1.54, 1.807) is 0 Å². The normalized spacial score (nSPS) is 12.8. The number of benzene rings is 16. The molecule has 0 nitrogen and oxygen atoms in total. The Balaban J connectivity index is 1.02. The topological polar surface area (TPSA) is 0 Å². The van der Waals surface area contributed by atoms with Crippen molar-refractivity contribution in [2.75, 3.05) is 0 Å². The molecule has 0 unspecified atom stereocenters. The maximum Gasteiger partial charge on any atom is -0.000719 e. The van der Waals surface area contributed by atoms with Crippen LogP contribution in [-0.2, 0) is 5.41 Å². The van der Waals surface area contributed by atoms with Crippen LogP contribution in [0.4, 0.5) is 0 Å². The summed E-state index contributed by atoms with van der Waals surface area (Å²) in [6.45, 7) is 6.94. The van der Waals surface area contributed by atoms with Crippen LogP contribution in [0.2, 0.25) is 0 Å². The second-order valence-corrected chi connectivity index (χ2v) is 22.3. The van der Waals surface area contributed by atoms with Gasteiger partial charge in [-0.2, -0.15) is 0 Å². The van der Waals surface area contributed by atoms with Crippen molar-refractivity contribution in [1.29, 1.82) is 0 Å². The molecule has 16 aromatic rings. The quantitative estimate of drug-likeness (QED) is 0.122. The summed E-state index contributed by atoms with van der Waals surface area (Å²) in [6.07, 6.45) is 0. The van der Waals surface area contributed by atoms with Crippen molar-refractivity contribution in [3.63, 3.8) is 0 Å². The molecule has 0 amide bonds. The van der Waals surface area contributed by atoms with E-state index in [1.807, 2.05) is 0 Å². The summed E-state index contributed by atoms with van der Waals surface area (Å²) < 4.78 is 0. The van der Waals surface area contributed by atoms with Gasteiger partial charge in [0.1, 0.15) is 0 Å². The lowest BCUT2D eigenvalue weighted by atomic mass is 9.80. The highest BCUT2D eigenvalue weighted by Gasteiger charge is 2.33. The first-order chi connectivity index (χ1) is 36.3. The van der Waals surface area contributed by atoms with Gasteiger partial charge in [0.15, 0.2) is 0 Å². The molecule has 0 saturated heterocycles. The number of rotatable bonds is 3. The lowest BCUT2D eigenvalue weighted by Gasteiger charge is -2.22. The molecule has 0 aromatic heterocycles. The van der Waals surface area contributed by atoms with Crippen LogP contribution < -0.4 is 0 Å². The van der Waals surface area contributed by atoms with Gasteiger partial charge in [-0.05, 0) is 222 Å². The summed E-state index contributed by atoms with van der Waals surface area (Å²) in [6, 6.07) is 86.4. The van der Waals surface area contributed by atoms with Crippen molar-refractivity contribution in [1.82, 2.24) is 0 Å². The molecule has 0 saturated carbocycles. The molecule has 0 bridgehead atoms. The van der Waals surface area contributed by atoms with Gasteiger partial charge in [-0.25, -0.2) is 0 Å². The molecule has 0 N–H and O–H groups in total. The highest BCUT2D eigenvalue weighted by molar-refractivity contribution is 6.38. The Morgan fingerprint density at radius 3 is 1.34 bits per heavy atom. The first-order valence-corrected chi connectivity index (χ1v) is 26.2. The van der Waals surface area contributed by atoms with Crippen LogP contribution in [0.1, 0.15) is 26.3 Å². The van der Waals surface area contributed by atoms with E-state index >= 15 is 0 Å². The van der Waals surface area contributed by atoms with E-state index in [2.05, 4.69) is 245 Å². The van der Waals surface area contributed by atoms with E-state index in [-0.39, 0.29) is 5.41 Å². The second-order valence-electron chi connectivity index (χ2n) is 22.3. The van der Waals surface area contributed by atoms with Gasteiger partial charge in [0.2, 0.25) is 0 Å². The smallest absolute Gasteiger partial charge is 0.000719 e. The molecule has 0 spiro atoms. The Hall–Kier alpha value is -9.10. The Labute approximate surface area is 428 Å². The zero-order chi connectivity index (χ0) is 48.7. The van der Waals surface area contributed by atoms with Crippen LogP contribution in [0, 0.1) is 0 Å². The third-order valence-electron chi connectivity index (χ3n) is 17.3. The number of hydrogen-bond acceptors (Lipinski definition) is 0. The first-order valence-electron chi connectivity index (χ1n) is 26.2. The summed E-state index contributed by atoms with van der Waals surface area (Å²) in [5, 5.41) is 28.6. The summed E-state index contributed by atoms with van der Waals surface area (Å²) in [5.74, 6) is 0. The zero-order valence-electron chi connectivity index (χ0n) is 41.4. The summed E-state index contributed by atoms with van der Waals surface area (Å²) in [4.78, 5) is 0. The van der Waals surface area contributed by atoms with Gasteiger partial charge >= 0.3 is 0 Å². The van der Waals surface area contributed by atoms with Gasteiger partial charge in [0, 0.05) is 0 Å². The van der Waals surface area contributed by atoms with E-state index in [0.717, 1.165) is 0 Å². The van der Waals surface area contributed by atoms with E-state index < -0.39 is 0 Å². The molecule has 1 aliphatic rings. The van der Waals surface area contributed by atoms with Gasteiger partial charge in [0.25, 0.3) is 0 Å². The second kappa shape index (κ2) is 14.3. The van der Waals surface area contributed by atoms with Gasteiger partial charge in [-0.3, -0.25) is 0 Å². The molecule has 17 rings (SSSR count). The third kappa shape index (κ3) is 5.37. The van der Waals surface area contributed by atoms with Crippen LogP contribution in [0.15, 0.2) is 224 Å². The predicted molar refractivity (Wildman–Crippen MR) is 321 cm³/mol. The Morgan fingerprint density at radius 2 is 0.676 bits per heavy atom. The van der Waals surface area contributed by atoms with Crippen LogP contribution in [0.5, 0.6) is 0 Å². The predicted octanol–water partition coefficient (Wildman–Crippen LogP) is 21.2. The molecule has 0 heteroatoms. The lowest BCUT2D eigenvalue weighted by molar-refractivity contribution is 0.591. The average Bonchev–Trinajstić information content (AvgIpc) is 3.89. The molecule has 0 heterocycles. The number of hydrogen-bond donors (Lipinski definition) is 0. The SMILES string of the molecule is CC(C)(C)c1cc2ccc3ccc(-c4ccc5c(c4)c4cc6ccccc6cc4c4cc6c(-c7ccccc7)c7c(c(-c8ccccc8)c6cc54)-c4ccc5ccc6cccc8cc-7c4c5c68)c4ccc(c1)c2c34. The van der Waals surface area contributed by atoms with Gasteiger partial charge in [-0.15, -0.1) is 0 Å². The molecule has 16 aromatic carbocycles. The molecular formula is C74H46. The van der Waals surface area contributed by atoms with Gasteiger partial charge in [-0.1, -0.05) is 209 Å². The molecule has 0 radical (unpaired) electrons. The average molecular weight is 935 g/mol. The van der Waals surface area contributed by atoms with E-state index in [1.165, 1.54) is 180 Å². The minimum Gasteiger partial charge on any atom is -0.0622 e. The highest BCUT2D eigenvalue weighted by atomic mass is 14.3. The maximum absolute atomic E-state index is 2.58. The molecule has 0 fully saturated rings. The summed E-state index contributed by atoms with van der Waals surface area (Å²) >= 11 is 0. The summed E-state index contributed by atoms with van der Waals surface area (Å²) in [5.41, 5.74) is 14.3. The van der Waals surface area contributed by atoms with E-state index in [9.17, 15) is 0 Å². The van der Waals surface area contributed by atoms with Crippen molar-refractivity contribution in [3.05, 3.63) is 230 Å². The fourth-order valence-corrected chi connectivity index (χ4v) is 13.9. The molecule has 342 valence electrons. The van der Waals surface area contributed by atoms with Crippen LogP contribution in [0.25, 0.3) is 174 Å². The molecule has 1 aliphatic carbocycles. The highest BCUT2D eigenvalue weighted by Crippen LogP contribution is 2.60. The number of fused-ring (bicyclic) bond motifs is 11. The van der Waals surface area contributed by atoms with E-state index in [4.69, 9.17) is 0 Å². The fraction of sp³-hybridized carbons (Fsp3) is 0.0541. The van der Waals surface area contributed by atoms with Gasteiger partial charge < -0.3 is 0 Å². The lowest BCUT2D eigenvalue weighted by Crippen LogP contribution is -2.10. The van der Waals surface area contributed by atoms with Crippen molar-refractivity contribution in [2.24, 2.45) is 0 Å². The first kappa shape index (κ1) is 40.5. The molecule has 0 atom stereocenters. The molecule has 0 aliphatic heterocycles. The Kier molecular flexibility index (Phi) is 7.83. The van der Waals surface area contributed by atoms with Crippen molar-refractivity contribution in [3.8, 4) is 55.6 Å². The minimum atomic E-state index is 0.0626. The minimum absolute atomic E-state index is 0.0626. The van der Waals surface area contributed by atoms with Crippen LogP contribution >= 0.6 is 0 Å². The van der Waals surface area contributed by atoms with Crippen LogP contribution in [0.3, 0.4) is 0 Å². The standard InChI is InChI=1S/C74H46/c1-74(2,3)52-33-50-24-23-44-25-29-53(55-31-28-51(34-52)66(50)67(44)55)48-27-30-54-57(37-48)58-35-46-17-10-11-18-47(46)36-59(58)61-40-63-62(39-60(54)61)68(41-13-6-4-7-14-41)72-56-32-26-45-22-21-43-19-12-20-49-38-64(71(56)70(45)65(43)49)73(72)69(63)42-15-8-5-9-16-42/h4-40H,1-3H3. The van der Waals surface area contributed by atoms with E-state index in [0.29, 0.717) is 0 Å². The maximum atomic E-state index is 2.58. The zero-order valence-corrected chi connectivity index (χ0v) is 41.4. The van der Waals surface area contributed by atoms with Gasteiger partial charge in [0.05, 0.1) is 0 Å². The third-order valence-corrected chi connectivity index (χ3v) is 17.3.